The van der Waals surface area contributed by atoms with Crippen LogP contribution in [0.5, 0.6) is 17.2 Å². The van der Waals surface area contributed by atoms with Gasteiger partial charge in [0.1, 0.15) is 5.75 Å². The molecule has 0 amide bonds. The molecule has 0 spiro atoms. The highest BCUT2D eigenvalue weighted by Crippen LogP contribution is 2.50. The molecule has 0 saturated carbocycles. The second kappa shape index (κ2) is 8.42. The van der Waals surface area contributed by atoms with Gasteiger partial charge in [-0.2, -0.15) is 0 Å². The van der Waals surface area contributed by atoms with Crippen LogP contribution in [-0.4, -0.2) is 39.7 Å². The summed E-state index contributed by atoms with van der Waals surface area (Å²) in [6.45, 7) is 3.77. The van der Waals surface area contributed by atoms with E-state index < -0.39 is 11.9 Å². The SMILES string of the molecule is CCOC(=O)C1=C(C)NC2=C(C(=O)c3ccccc32)[C@@H]1c1cc(OC)c(OC)cc1OC. The highest BCUT2D eigenvalue weighted by Gasteiger charge is 2.44. The maximum absolute atomic E-state index is 13.6. The van der Waals surface area contributed by atoms with Gasteiger partial charge in [0.15, 0.2) is 17.3 Å². The molecule has 2 aromatic carbocycles. The number of allylic oxidation sites excluding steroid dienone is 2. The van der Waals surface area contributed by atoms with E-state index in [1.165, 1.54) is 21.3 Å². The average Bonchev–Trinajstić information content (AvgIpc) is 3.09. The van der Waals surface area contributed by atoms with Gasteiger partial charge in [0.2, 0.25) is 0 Å². The first-order valence-electron chi connectivity index (χ1n) is 10.3. The Bertz CT molecular complexity index is 1180. The molecule has 0 bridgehead atoms. The van der Waals surface area contributed by atoms with Crippen molar-refractivity contribution in [1.82, 2.24) is 5.32 Å². The number of fused-ring (bicyclic) bond motifs is 2. The maximum Gasteiger partial charge on any atom is 0.336 e. The molecule has 7 nitrogen and oxygen atoms in total. The molecule has 1 atom stereocenters. The normalized spacial score (nSPS) is 16.9. The topological polar surface area (TPSA) is 83.1 Å². The summed E-state index contributed by atoms with van der Waals surface area (Å²) in [5.41, 5.74) is 4.16. The first-order chi connectivity index (χ1) is 15.5. The number of nitrogens with one attached hydrogen (secondary N) is 1. The molecule has 0 radical (unpaired) electrons. The first-order valence-corrected chi connectivity index (χ1v) is 10.3. The van der Waals surface area contributed by atoms with Crippen LogP contribution < -0.4 is 19.5 Å². The lowest BCUT2D eigenvalue weighted by atomic mass is 9.79. The fourth-order valence-corrected chi connectivity index (χ4v) is 4.40. The summed E-state index contributed by atoms with van der Waals surface area (Å²) in [6, 6.07) is 10.8. The maximum atomic E-state index is 13.6. The summed E-state index contributed by atoms with van der Waals surface area (Å²) in [5.74, 6) is 0.0806. The molecule has 1 N–H and O–H groups in total. The molecule has 1 aliphatic carbocycles. The van der Waals surface area contributed by atoms with Crippen molar-refractivity contribution in [3.63, 3.8) is 0 Å². The van der Waals surface area contributed by atoms with E-state index in [-0.39, 0.29) is 12.4 Å². The zero-order valence-electron chi connectivity index (χ0n) is 18.7. The molecule has 0 saturated heterocycles. The zero-order chi connectivity index (χ0) is 23.0. The van der Waals surface area contributed by atoms with Gasteiger partial charge >= 0.3 is 5.97 Å². The third kappa shape index (κ3) is 3.21. The summed E-state index contributed by atoms with van der Waals surface area (Å²) in [6.07, 6.45) is 0. The predicted octanol–water partition coefficient (Wildman–Crippen LogP) is 3.84. The van der Waals surface area contributed by atoms with Crippen LogP contribution in [-0.2, 0) is 9.53 Å². The predicted molar refractivity (Wildman–Crippen MR) is 119 cm³/mol. The summed E-state index contributed by atoms with van der Waals surface area (Å²) in [5, 5.41) is 3.28. The van der Waals surface area contributed by atoms with Crippen LogP contribution in [0.2, 0.25) is 0 Å². The number of Topliss-reactive ketones (excluding diaryl/α,β-unsaturated/α-hetero) is 1. The number of carbonyl (C=O) groups is 2. The van der Waals surface area contributed by atoms with E-state index in [1.807, 2.05) is 25.1 Å². The summed E-state index contributed by atoms with van der Waals surface area (Å²) in [7, 11) is 4.60. The fourth-order valence-electron chi connectivity index (χ4n) is 4.40. The highest BCUT2D eigenvalue weighted by atomic mass is 16.5. The van der Waals surface area contributed by atoms with Crippen LogP contribution in [0.15, 0.2) is 53.2 Å². The molecule has 32 heavy (non-hydrogen) atoms. The second-order valence-electron chi connectivity index (χ2n) is 7.43. The van der Waals surface area contributed by atoms with Crippen molar-refractivity contribution in [3.05, 3.63) is 69.9 Å². The van der Waals surface area contributed by atoms with Crippen LogP contribution in [0.25, 0.3) is 5.70 Å². The molecule has 0 unspecified atom stereocenters. The van der Waals surface area contributed by atoms with E-state index in [9.17, 15) is 9.59 Å². The number of benzene rings is 2. The Labute approximate surface area is 186 Å². The number of ether oxygens (including phenoxy) is 4. The van der Waals surface area contributed by atoms with Gasteiger partial charge in [0, 0.05) is 34.0 Å². The van der Waals surface area contributed by atoms with E-state index >= 15 is 0 Å². The number of ketones is 1. The monoisotopic (exact) mass is 435 g/mol. The quantitative estimate of drug-likeness (QED) is 0.690. The second-order valence-corrected chi connectivity index (χ2v) is 7.43. The number of carbonyl (C=O) groups excluding carboxylic acids is 2. The smallest absolute Gasteiger partial charge is 0.336 e. The van der Waals surface area contributed by atoms with E-state index in [1.54, 1.807) is 25.1 Å². The minimum atomic E-state index is -0.708. The van der Waals surface area contributed by atoms with Crippen molar-refractivity contribution in [1.29, 1.82) is 0 Å². The molecule has 2 aromatic rings. The molecule has 2 aliphatic rings. The van der Waals surface area contributed by atoms with Gasteiger partial charge in [-0.3, -0.25) is 4.79 Å². The number of hydrogen-bond donors (Lipinski definition) is 1. The summed E-state index contributed by atoms with van der Waals surface area (Å²) in [4.78, 5) is 26.6. The Morgan fingerprint density at radius 3 is 2.22 bits per heavy atom. The Hall–Kier alpha value is -3.74. The number of esters is 1. The van der Waals surface area contributed by atoms with Crippen LogP contribution in [0, 0.1) is 0 Å². The first kappa shape index (κ1) is 21.5. The molecule has 7 heteroatoms. The lowest BCUT2D eigenvalue weighted by Crippen LogP contribution is -2.29. The van der Waals surface area contributed by atoms with Gasteiger partial charge in [0.25, 0.3) is 0 Å². The van der Waals surface area contributed by atoms with Gasteiger partial charge in [-0.05, 0) is 19.9 Å². The Morgan fingerprint density at radius 2 is 1.59 bits per heavy atom. The van der Waals surface area contributed by atoms with Crippen LogP contribution >= 0.6 is 0 Å². The van der Waals surface area contributed by atoms with E-state index in [4.69, 9.17) is 18.9 Å². The number of dihydropyridines is 1. The Morgan fingerprint density at radius 1 is 0.969 bits per heavy atom. The lowest BCUT2D eigenvalue weighted by Gasteiger charge is -2.30. The highest BCUT2D eigenvalue weighted by molar-refractivity contribution is 6.23. The zero-order valence-corrected chi connectivity index (χ0v) is 18.7. The van der Waals surface area contributed by atoms with Gasteiger partial charge in [-0.15, -0.1) is 0 Å². The molecule has 0 aromatic heterocycles. The molecular formula is C25H25NO6. The van der Waals surface area contributed by atoms with Crippen LogP contribution in [0.1, 0.15) is 41.3 Å². The number of hydrogen-bond acceptors (Lipinski definition) is 7. The molecule has 0 fully saturated rings. The van der Waals surface area contributed by atoms with Gasteiger partial charge in [-0.1, -0.05) is 24.3 Å². The minimum absolute atomic E-state index is 0.140. The van der Waals surface area contributed by atoms with E-state index in [0.717, 1.165) is 5.56 Å². The molecular weight excluding hydrogens is 410 g/mol. The molecule has 1 aliphatic heterocycles. The van der Waals surface area contributed by atoms with Crippen molar-refractivity contribution in [3.8, 4) is 17.2 Å². The standard InChI is InChI=1S/C25H25NO6/c1-6-32-25(28)20-13(2)26-23-14-9-7-8-10-15(14)24(27)22(23)21(20)16-11-18(30-4)19(31-5)12-17(16)29-3/h7-12,21,26H,6H2,1-5H3/t21-/m1/s1. The van der Waals surface area contributed by atoms with E-state index in [0.29, 0.717) is 50.9 Å². The van der Waals surface area contributed by atoms with Crippen molar-refractivity contribution >= 4 is 17.4 Å². The van der Waals surface area contributed by atoms with Gasteiger partial charge in [0.05, 0.1) is 45.1 Å². The summed E-state index contributed by atoms with van der Waals surface area (Å²) < 4.78 is 22.0. The van der Waals surface area contributed by atoms with Crippen LogP contribution in [0.4, 0.5) is 0 Å². The molecule has 4 rings (SSSR count). The van der Waals surface area contributed by atoms with E-state index in [2.05, 4.69) is 5.32 Å². The van der Waals surface area contributed by atoms with Gasteiger partial charge < -0.3 is 24.3 Å². The Balaban J connectivity index is 2.00. The van der Waals surface area contributed by atoms with Gasteiger partial charge in [-0.25, -0.2) is 4.79 Å². The van der Waals surface area contributed by atoms with Crippen molar-refractivity contribution in [2.45, 2.75) is 19.8 Å². The molecule has 166 valence electrons. The third-order valence-electron chi connectivity index (χ3n) is 5.79. The largest absolute Gasteiger partial charge is 0.496 e. The summed E-state index contributed by atoms with van der Waals surface area (Å²) >= 11 is 0. The third-order valence-corrected chi connectivity index (χ3v) is 5.79. The van der Waals surface area contributed by atoms with Crippen molar-refractivity contribution in [2.75, 3.05) is 27.9 Å². The van der Waals surface area contributed by atoms with Crippen molar-refractivity contribution < 1.29 is 28.5 Å². The minimum Gasteiger partial charge on any atom is -0.496 e. The molecule has 1 heterocycles. The lowest BCUT2D eigenvalue weighted by molar-refractivity contribution is -0.138. The van der Waals surface area contributed by atoms with Crippen molar-refractivity contribution in [2.24, 2.45) is 0 Å². The average molecular weight is 435 g/mol. The fraction of sp³-hybridized carbons (Fsp3) is 0.280. The number of rotatable bonds is 6. The van der Waals surface area contributed by atoms with Crippen LogP contribution in [0.3, 0.4) is 0 Å². The number of methoxy groups -OCH3 is 3. The Kier molecular flexibility index (Phi) is 5.65.